The smallest absolute Gasteiger partial charge is 0.257 e. The van der Waals surface area contributed by atoms with Crippen LogP contribution in [0.2, 0.25) is 5.02 Å². The van der Waals surface area contributed by atoms with Crippen molar-refractivity contribution in [3.8, 4) is 5.69 Å². The molecule has 2 amide bonds. The lowest BCUT2D eigenvalue weighted by Gasteiger charge is -2.35. The highest BCUT2D eigenvalue weighted by molar-refractivity contribution is 6.30. The first-order valence-corrected chi connectivity index (χ1v) is 11.2. The lowest BCUT2D eigenvalue weighted by molar-refractivity contribution is 0.0534. The van der Waals surface area contributed by atoms with Crippen molar-refractivity contribution < 1.29 is 9.59 Å². The Morgan fingerprint density at radius 1 is 0.875 bits per heavy atom. The molecule has 0 N–H and O–H groups in total. The first kappa shape index (κ1) is 22.1. The van der Waals surface area contributed by atoms with Gasteiger partial charge < -0.3 is 9.80 Å². The van der Waals surface area contributed by atoms with Crippen molar-refractivity contribution in [1.29, 1.82) is 0 Å². The molecule has 0 unspecified atom stereocenters. The lowest BCUT2D eigenvalue weighted by Crippen LogP contribution is -2.50. The number of carbonyl (C=O) groups excluding carboxylic acids is 2. The molecular formula is C25H27ClN4O2. The molecule has 0 radical (unpaired) electrons. The summed E-state index contributed by atoms with van der Waals surface area (Å²) in [5.41, 5.74) is 4.15. The zero-order chi connectivity index (χ0) is 22.8. The molecule has 0 saturated carbocycles. The molecule has 7 heteroatoms. The number of aromatic nitrogens is 2. The molecule has 2 heterocycles. The minimum absolute atomic E-state index is 0.00975. The van der Waals surface area contributed by atoms with Gasteiger partial charge in [-0.15, -0.1) is 0 Å². The van der Waals surface area contributed by atoms with E-state index in [-0.39, 0.29) is 17.7 Å². The van der Waals surface area contributed by atoms with Gasteiger partial charge in [0.15, 0.2) is 0 Å². The van der Waals surface area contributed by atoms with Crippen LogP contribution in [0.15, 0.2) is 54.7 Å². The predicted octanol–water partition coefficient (Wildman–Crippen LogP) is 4.56. The number of carbonyl (C=O) groups is 2. The van der Waals surface area contributed by atoms with Gasteiger partial charge in [-0.1, -0.05) is 43.1 Å². The van der Waals surface area contributed by atoms with Crippen LogP contribution in [0.4, 0.5) is 0 Å². The molecule has 2 aromatic carbocycles. The van der Waals surface area contributed by atoms with Crippen molar-refractivity contribution in [2.45, 2.75) is 26.7 Å². The second kappa shape index (κ2) is 9.17. The Morgan fingerprint density at radius 3 is 2.00 bits per heavy atom. The number of amides is 2. The summed E-state index contributed by atoms with van der Waals surface area (Å²) < 4.78 is 1.81. The van der Waals surface area contributed by atoms with Crippen molar-refractivity contribution in [2.75, 3.05) is 26.2 Å². The van der Waals surface area contributed by atoms with Gasteiger partial charge in [-0.2, -0.15) is 5.10 Å². The maximum Gasteiger partial charge on any atom is 0.257 e. The van der Waals surface area contributed by atoms with Crippen LogP contribution in [0, 0.1) is 6.92 Å². The third-order valence-electron chi connectivity index (χ3n) is 5.81. The molecule has 0 bridgehead atoms. The van der Waals surface area contributed by atoms with Gasteiger partial charge in [-0.3, -0.25) is 9.59 Å². The number of halogens is 1. The van der Waals surface area contributed by atoms with E-state index in [2.05, 4.69) is 18.9 Å². The van der Waals surface area contributed by atoms with Crippen LogP contribution in [0.25, 0.3) is 5.69 Å². The molecule has 6 nitrogen and oxygen atoms in total. The van der Waals surface area contributed by atoms with Gasteiger partial charge in [-0.25, -0.2) is 4.68 Å². The third kappa shape index (κ3) is 4.41. The molecule has 1 aliphatic heterocycles. The largest absolute Gasteiger partial charge is 0.335 e. The average molecular weight is 451 g/mol. The summed E-state index contributed by atoms with van der Waals surface area (Å²) >= 11 is 6.02. The van der Waals surface area contributed by atoms with Gasteiger partial charge >= 0.3 is 0 Å². The van der Waals surface area contributed by atoms with Crippen LogP contribution in [-0.4, -0.2) is 57.6 Å². The van der Waals surface area contributed by atoms with E-state index in [1.807, 2.05) is 69.9 Å². The number of benzene rings is 2. The van der Waals surface area contributed by atoms with E-state index < -0.39 is 0 Å². The van der Waals surface area contributed by atoms with Crippen LogP contribution < -0.4 is 0 Å². The Hall–Kier alpha value is -3.12. The van der Waals surface area contributed by atoms with Gasteiger partial charge in [0.1, 0.15) is 0 Å². The van der Waals surface area contributed by atoms with E-state index in [1.54, 1.807) is 6.20 Å². The van der Waals surface area contributed by atoms with Gasteiger partial charge in [0.25, 0.3) is 11.8 Å². The highest BCUT2D eigenvalue weighted by atomic mass is 35.5. The van der Waals surface area contributed by atoms with E-state index in [0.29, 0.717) is 42.3 Å². The fraction of sp³-hybridized carbons (Fsp3) is 0.320. The SMILES string of the molecule is Cc1ccc(C(=O)N2CCN(C(=O)c3cnn(-c4ccc(Cl)cc4)c3C(C)C)CC2)cc1. The fourth-order valence-electron chi connectivity index (χ4n) is 4.03. The molecule has 4 rings (SSSR count). The Labute approximate surface area is 193 Å². The Morgan fingerprint density at radius 2 is 1.44 bits per heavy atom. The summed E-state index contributed by atoms with van der Waals surface area (Å²) in [5, 5.41) is 5.16. The quantitative estimate of drug-likeness (QED) is 0.585. The summed E-state index contributed by atoms with van der Waals surface area (Å²) in [6.45, 7) is 8.14. The molecule has 166 valence electrons. The Balaban J connectivity index is 1.49. The van der Waals surface area contributed by atoms with E-state index in [9.17, 15) is 9.59 Å². The van der Waals surface area contributed by atoms with E-state index in [4.69, 9.17) is 11.6 Å². The van der Waals surface area contributed by atoms with Crippen LogP contribution in [0.5, 0.6) is 0 Å². The number of hydrogen-bond acceptors (Lipinski definition) is 3. The van der Waals surface area contributed by atoms with Gasteiger partial charge in [0.2, 0.25) is 0 Å². The first-order chi connectivity index (χ1) is 15.3. The molecule has 0 spiro atoms. The van der Waals surface area contributed by atoms with Crippen molar-refractivity contribution in [3.63, 3.8) is 0 Å². The second-order valence-electron chi connectivity index (χ2n) is 8.44. The van der Waals surface area contributed by atoms with Crippen molar-refractivity contribution in [2.24, 2.45) is 0 Å². The average Bonchev–Trinajstić information content (AvgIpc) is 3.25. The Kier molecular flexibility index (Phi) is 6.33. The number of hydrogen-bond donors (Lipinski definition) is 0. The van der Waals surface area contributed by atoms with Gasteiger partial charge in [0, 0.05) is 36.8 Å². The lowest BCUT2D eigenvalue weighted by atomic mass is 10.0. The molecule has 1 aromatic heterocycles. The minimum Gasteiger partial charge on any atom is -0.335 e. The zero-order valence-corrected chi connectivity index (χ0v) is 19.3. The maximum absolute atomic E-state index is 13.4. The zero-order valence-electron chi connectivity index (χ0n) is 18.6. The summed E-state index contributed by atoms with van der Waals surface area (Å²) in [6.07, 6.45) is 1.65. The molecule has 0 aliphatic carbocycles. The van der Waals surface area contributed by atoms with Crippen LogP contribution in [0.1, 0.15) is 51.7 Å². The fourth-order valence-corrected chi connectivity index (χ4v) is 4.15. The predicted molar refractivity (Wildman–Crippen MR) is 126 cm³/mol. The van der Waals surface area contributed by atoms with Crippen molar-refractivity contribution in [1.82, 2.24) is 19.6 Å². The molecule has 1 fully saturated rings. The Bertz CT molecular complexity index is 1110. The van der Waals surface area contributed by atoms with E-state index >= 15 is 0 Å². The monoisotopic (exact) mass is 450 g/mol. The van der Waals surface area contributed by atoms with Gasteiger partial charge in [0.05, 0.1) is 23.1 Å². The minimum atomic E-state index is -0.0450. The summed E-state index contributed by atoms with van der Waals surface area (Å²) in [5.74, 6) is 0.0726. The molecule has 1 aliphatic rings. The molecule has 3 aromatic rings. The number of piperazine rings is 1. The molecule has 32 heavy (non-hydrogen) atoms. The first-order valence-electron chi connectivity index (χ1n) is 10.8. The number of aryl methyl sites for hydroxylation is 1. The third-order valence-corrected chi connectivity index (χ3v) is 6.06. The van der Waals surface area contributed by atoms with E-state index in [1.165, 1.54) is 0 Å². The summed E-state index contributed by atoms with van der Waals surface area (Å²) in [7, 11) is 0. The van der Waals surface area contributed by atoms with Crippen LogP contribution >= 0.6 is 11.6 Å². The highest BCUT2D eigenvalue weighted by Gasteiger charge is 2.29. The van der Waals surface area contributed by atoms with E-state index in [0.717, 1.165) is 16.9 Å². The van der Waals surface area contributed by atoms with Gasteiger partial charge in [-0.05, 0) is 49.2 Å². The molecular weight excluding hydrogens is 424 g/mol. The number of nitrogens with zero attached hydrogens (tertiary/aromatic N) is 4. The summed E-state index contributed by atoms with van der Waals surface area (Å²) in [4.78, 5) is 29.8. The van der Waals surface area contributed by atoms with Crippen LogP contribution in [0.3, 0.4) is 0 Å². The molecule has 0 atom stereocenters. The van der Waals surface area contributed by atoms with Crippen LogP contribution in [-0.2, 0) is 0 Å². The van der Waals surface area contributed by atoms with Crippen molar-refractivity contribution >= 4 is 23.4 Å². The molecule has 1 saturated heterocycles. The highest BCUT2D eigenvalue weighted by Crippen LogP contribution is 2.25. The topological polar surface area (TPSA) is 58.4 Å². The standard InChI is InChI=1S/C25H27ClN4O2/c1-17(2)23-22(16-27-30(23)21-10-8-20(26)9-11-21)25(32)29-14-12-28(13-15-29)24(31)19-6-4-18(3)5-7-19/h4-11,16-17H,12-15H2,1-3H3. The summed E-state index contributed by atoms with van der Waals surface area (Å²) in [6, 6.07) is 15.0. The number of rotatable bonds is 4. The maximum atomic E-state index is 13.4. The van der Waals surface area contributed by atoms with Crippen molar-refractivity contribution in [3.05, 3.63) is 82.1 Å². The second-order valence-corrected chi connectivity index (χ2v) is 8.87. The normalized spacial score (nSPS) is 14.2.